The van der Waals surface area contributed by atoms with Crippen LogP contribution in [-0.4, -0.2) is 19.5 Å². The van der Waals surface area contributed by atoms with E-state index >= 15 is 0 Å². The molecule has 5 nitrogen and oxygen atoms in total. The molecule has 0 amide bonds. The summed E-state index contributed by atoms with van der Waals surface area (Å²) in [6.45, 7) is 2.83. The molecule has 0 atom stereocenters. The minimum absolute atomic E-state index is 0.284. The number of rotatable bonds is 6. The zero-order valence-electron chi connectivity index (χ0n) is 9.73. The Hall–Kier alpha value is -0.850. The standard InChI is InChI=1S/C10H19N3O2S/c1-3-4-5-12-16(14,15)10-6-9(7-11)13(2)8-10/h6,8,12H,3-5,7,11H2,1-2H3. The predicted molar refractivity (Wildman–Crippen MR) is 63.4 cm³/mol. The maximum atomic E-state index is 11.8. The van der Waals surface area contributed by atoms with E-state index in [1.165, 1.54) is 0 Å². The fourth-order valence-corrected chi connectivity index (χ4v) is 2.56. The lowest BCUT2D eigenvalue weighted by Gasteiger charge is -2.02. The number of nitrogens with zero attached hydrogens (tertiary/aromatic N) is 1. The molecule has 6 heteroatoms. The normalized spacial score (nSPS) is 11.9. The van der Waals surface area contributed by atoms with Gasteiger partial charge in [0.05, 0.1) is 4.90 Å². The Morgan fingerprint density at radius 1 is 1.50 bits per heavy atom. The Morgan fingerprint density at radius 2 is 2.19 bits per heavy atom. The number of hydrogen-bond acceptors (Lipinski definition) is 3. The summed E-state index contributed by atoms with van der Waals surface area (Å²) in [7, 11) is -1.59. The number of sulfonamides is 1. The maximum absolute atomic E-state index is 11.8. The minimum atomic E-state index is -3.37. The van der Waals surface area contributed by atoms with Crippen LogP contribution in [-0.2, 0) is 23.6 Å². The third-order valence-corrected chi connectivity index (χ3v) is 3.85. The second-order valence-electron chi connectivity index (χ2n) is 3.73. The van der Waals surface area contributed by atoms with E-state index in [9.17, 15) is 8.42 Å². The van der Waals surface area contributed by atoms with Gasteiger partial charge < -0.3 is 10.3 Å². The second-order valence-corrected chi connectivity index (χ2v) is 5.50. The molecule has 1 aromatic heterocycles. The summed E-state index contributed by atoms with van der Waals surface area (Å²) in [5.41, 5.74) is 6.29. The molecule has 1 rings (SSSR count). The smallest absolute Gasteiger partial charge is 0.242 e. The first-order valence-corrected chi connectivity index (χ1v) is 6.84. The van der Waals surface area contributed by atoms with E-state index in [4.69, 9.17) is 5.73 Å². The zero-order chi connectivity index (χ0) is 12.2. The Kier molecular flexibility index (Phi) is 4.52. The van der Waals surface area contributed by atoms with Gasteiger partial charge in [-0.1, -0.05) is 13.3 Å². The second kappa shape index (κ2) is 5.47. The molecule has 92 valence electrons. The van der Waals surface area contributed by atoms with Crippen LogP contribution in [0.25, 0.3) is 0 Å². The summed E-state index contributed by atoms with van der Waals surface area (Å²) in [5, 5.41) is 0. The average molecular weight is 245 g/mol. The summed E-state index contributed by atoms with van der Waals surface area (Å²) < 4.78 is 27.9. The highest BCUT2D eigenvalue weighted by molar-refractivity contribution is 7.89. The first kappa shape index (κ1) is 13.2. The molecule has 0 aromatic carbocycles. The Balaban J connectivity index is 2.81. The summed E-state index contributed by atoms with van der Waals surface area (Å²) >= 11 is 0. The van der Waals surface area contributed by atoms with Crippen molar-refractivity contribution in [3.05, 3.63) is 18.0 Å². The summed E-state index contributed by atoms with van der Waals surface area (Å²) in [4.78, 5) is 0.284. The van der Waals surface area contributed by atoms with Gasteiger partial charge in [-0.15, -0.1) is 0 Å². The van der Waals surface area contributed by atoms with Crippen molar-refractivity contribution in [3.8, 4) is 0 Å². The van der Waals surface area contributed by atoms with Crippen molar-refractivity contribution in [1.29, 1.82) is 0 Å². The van der Waals surface area contributed by atoms with Crippen LogP contribution < -0.4 is 10.5 Å². The average Bonchev–Trinajstić information content (AvgIpc) is 2.60. The van der Waals surface area contributed by atoms with Crippen LogP contribution >= 0.6 is 0 Å². The van der Waals surface area contributed by atoms with Crippen LogP contribution in [0.15, 0.2) is 17.2 Å². The largest absolute Gasteiger partial charge is 0.352 e. The summed E-state index contributed by atoms with van der Waals surface area (Å²) in [6, 6.07) is 1.61. The van der Waals surface area contributed by atoms with Crippen molar-refractivity contribution >= 4 is 10.0 Å². The van der Waals surface area contributed by atoms with E-state index in [-0.39, 0.29) is 4.90 Å². The Morgan fingerprint density at radius 3 is 2.69 bits per heavy atom. The molecule has 0 aliphatic heterocycles. The molecule has 0 unspecified atom stereocenters. The van der Waals surface area contributed by atoms with Crippen molar-refractivity contribution in [1.82, 2.24) is 9.29 Å². The first-order valence-electron chi connectivity index (χ1n) is 5.36. The molecule has 0 aliphatic carbocycles. The van der Waals surface area contributed by atoms with E-state index in [0.717, 1.165) is 18.5 Å². The fourth-order valence-electron chi connectivity index (χ4n) is 1.39. The quantitative estimate of drug-likeness (QED) is 0.719. The molecule has 1 aromatic rings. The zero-order valence-corrected chi connectivity index (χ0v) is 10.5. The van der Waals surface area contributed by atoms with Crippen molar-refractivity contribution < 1.29 is 8.42 Å². The molecule has 16 heavy (non-hydrogen) atoms. The van der Waals surface area contributed by atoms with Crippen LogP contribution in [0.1, 0.15) is 25.5 Å². The molecule has 0 spiro atoms. The van der Waals surface area contributed by atoms with E-state index < -0.39 is 10.0 Å². The van der Waals surface area contributed by atoms with Crippen LogP contribution in [0.5, 0.6) is 0 Å². The Bertz CT molecular complexity index is 437. The lowest BCUT2D eigenvalue weighted by atomic mass is 10.3. The van der Waals surface area contributed by atoms with Crippen molar-refractivity contribution in [2.24, 2.45) is 12.8 Å². The van der Waals surface area contributed by atoms with Crippen molar-refractivity contribution in [3.63, 3.8) is 0 Å². The van der Waals surface area contributed by atoms with Gasteiger partial charge in [0.1, 0.15) is 0 Å². The van der Waals surface area contributed by atoms with E-state index in [2.05, 4.69) is 4.72 Å². The number of aryl methyl sites for hydroxylation is 1. The molecule has 0 radical (unpaired) electrons. The first-order chi connectivity index (χ1) is 7.51. The molecule has 0 bridgehead atoms. The highest BCUT2D eigenvalue weighted by Gasteiger charge is 2.16. The van der Waals surface area contributed by atoms with Crippen molar-refractivity contribution in [2.45, 2.75) is 31.2 Å². The molecular weight excluding hydrogens is 226 g/mol. The molecule has 0 saturated carbocycles. The molecular formula is C10H19N3O2S. The lowest BCUT2D eigenvalue weighted by molar-refractivity contribution is 0.578. The van der Waals surface area contributed by atoms with E-state index in [1.807, 2.05) is 6.92 Å². The number of nitrogens with two attached hydrogens (primary N) is 1. The number of unbranched alkanes of at least 4 members (excludes halogenated alkanes) is 1. The predicted octanol–water partition coefficient (Wildman–Crippen LogP) is 0.562. The molecule has 3 N–H and O–H groups in total. The van der Waals surface area contributed by atoms with Gasteiger partial charge in [0.25, 0.3) is 0 Å². The van der Waals surface area contributed by atoms with Gasteiger partial charge in [-0.3, -0.25) is 0 Å². The highest BCUT2D eigenvalue weighted by Crippen LogP contribution is 2.12. The topological polar surface area (TPSA) is 77.1 Å². The third-order valence-electron chi connectivity index (χ3n) is 2.42. The van der Waals surface area contributed by atoms with Crippen molar-refractivity contribution in [2.75, 3.05) is 6.54 Å². The summed E-state index contributed by atoms with van der Waals surface area (Å²) in [6.07, 6.45) is 3.39. The van der Waals surface area contributed by atoms with Crippen LogP contribution in [0.3, 0.4) is 0 Å². The van der Waals surface area contributed by atoms with Gasteiger partial charge in [-0.2, -0.15) is 0 Å². The molecule has 0 saturated heterocycles. The van der Waals surface area contributed by atoms with E-state index in [0.29, 0.717) is 13.1 Å². The van der Waals surface area contributed by atoms with Crippen LogP contribution in [0, 0.1) is 0 Å². The van der Waals surface area contributed by atoms with Gasteiger partial charge >= 0.3 is 0 Å². The van der Waals surface area contributed by atoms with Gasteiger partial charge in [-0.05, 0) is 12.5 Å². The fraction of sp³-hybridized carbons (Fsp3) is 0.600. The molecule has 0 aliphatic rings. The molecule has 0 fully saturated rings. The highest BCUT2D eigenvalue weighted by atomic mass is 32.2. The lowest BCUT2D eigenvalue weighted by Crippen LogP contribution is -2.24. The van der Waals surface area contributed by atoms with E-state index in [1.54, 1.807) is 23.9 Å². The van der Waals surface area contributed by atoms with Gasteiger partial charge in [0, 0.05) is 32.0 Å². The van der Waals surface area contributed by atoms with Gasteiger partial charge in [0.15, 0.2) is 0 Å². The number of aromatic nitrogens is 1. The van der Waals surface area contributed by atoms with Gasteiger partial charge in [0.2, 0.25) is 10.0 Å². The monoisotopic (exact) mass is 245 g/mol. The SMILES string of the molecule is CCCCNS(=O)(=O)c1cc(CN)n(C)c1. The number of nitrogens with one attached hydrogen (secondary N) is 1. The van der Waals surface area contributed by atoms with Crippen LogP contribution in [0.4, 0.5) is 0 Å². The summed E-state index contributed by atoms with van der Waals surface area (Å²) in [5.74, 6) is 0. The van der Waals surface area contributed by atoms with Gasteiger partial charge in [-0.25, -0.2) is 13.1 Å². The third kappa shape index (κ3) is 3.07. The maximum Gasteiger partial charge on any atom is 0.242 e. The number of hydrogen-bond donors (Lipinski definition) is 2. The molecule has 1 heterocycles. The van der Waals surface area contributed by atoms with Crippen LogP contribution in [0.2, 0.25) is 0 Å². The Labute approximate surface area is 96.7 Å². The minimum Gasteiger partial charge on any atom is -0.352 e.